The highest BCUT2D eigenvalue weighted by Crippen LogP contribution is 2.35. The lowest BCUT2D eigenvalue weighted by Gasteiger charge is -2.30. The van der Waals surface area contributed by atoms with Crippen LogP contribution in [0.3, 0.4) is 0 Å². The van der Waals surface area contributed by atoms with Crippen LogP contribution < -0.4 is 20.9 Å². The van der Waals surface area contributed by atoms with E-state index in [1.165, 1.54) is 66.7 Å². The first-order valence-corrected chi connectivity index (χ1v) is 18.2. The van der Waals surface area contributed by atoms with E-state index in [9.17, 15) is 44.7 Å². The van der Waals surface area contributed by atoms with Crippen molar-refractivity contribution < 1.29 is 59.3 Å². The minimum atomic E-state index is -4.69. The number of rotatable bonds is 9. The molecule has 0 aliphatic carbocycles. The van der Waals surface area contributed by atoms with Crippen LogP contribution in [0.15, 0.2) is 109 Å². The van der Waals surface area contributed by atoms with Crippen molar-refractivity contribution in [2.24, 2.45) is 5.73 Å². The molecule has 2 aliphatic heterocycles. The Balaban J connectivity index is 0.000000217. The van der Waals surface area contributed by atoms with Crippen LogP contribution in [0.1, 0.15) is 34.3 Å². The van der Waals surface area contributed by atoms with Crippen molar-refractivity contribution in [3.05, 3.63) is 143 Å². The molecule has 2 atom stereocenters. The van der Waals surface area contributed by atoms with Crippen LogP contribution in [0.25, 0.3) is 12.2 Å². The molecule has 0 radical (unpaired) electrons. The van der Waals surface area contributed by atoms with Crippen molar-refractivity contribution in [2.45, 2.75) is 24.4 Å². The second-order valence-corrected chi connectivity index (χ2v) is 12.9. The Bertz CT molecular complexity index is 2030. The van der Waals surface area contributed by atoms with Gasteiger partial charge < -0.3 is 35.4 Å². The van der Waals surface area contributed by atoms with E-state index in [4.69, 9.17) is 20.3 Å². The minimum absolute atomic E-state index is 0.0749. The van der Waals surface area contributed by atoms with Gasteiger partial charge in [0.2, 0.25) is 5.91 Å². The highest BCUT2D eigenvalue weighted by molar-refractivity contribution is 5.92. The maximum Gasteiger partial charge on any atom is 0.412 e. The van der Waals surface area contributed by atoms with Crippen LogP contribution >= 0.6 is 0 Å². The Morgan fingerprint density at radius 1 is 0.644 bits per heavy atom. The third kappa shape index (κ3) is 14.8. The van der Waals surface area contributed by atoms with Gasteiger partial charge in [0, 0.05) is 60.8 Å². The van der Waals surface area contributed by atoms with E-state index >= 15 is 0 Å². The zero-order chi connectivity index (χ0) is 43.0. The van der Waals surface area contributed by atoms with Crippen LogP contribution in [0.2, 0.25) is 0 Å². The number of carboxylic acid groups (broad SMARTS) is 1. The van der Waals surface area contributed by atoms with Gasteiger partial charge in [0.25, 0.3) is 0 Å². The van der Waals surface area contributed by atoms with Gasteiger partial charge in [-0.3, -0.25) is 4.79 Å². The number of morpholine rings is 2. The summed E-state index contributed by atoms with van der Waals surface area (Å²) in [6.45, 7) is 4.73. The van der Waals surface area contributed by atoms with Crippen molar-refractivity contribution in [1.29, 1.82) is 0 Å². The summed E-state index contributed by atoms with van der Waals surface area (Å²) in [5, 5.41) is 10.2. The number of nitrogens with one attached hydrogen (secondary N) is 1. The van der Waals surface area contributed by atoms with Gasteiger partial charge in [-0.05, 0) is 59.7 Å². The van der Waals surface area contributed by atoms with Crippen molar-refractivity contribution >= 4 is 35.4 Å². The number of ether oxygens (including phenoxy) is 2. The summed E-state index contributed by atoms with van der Waals surface area (Å²) in [4.78, 5) is 26.1. The number of aliphatic carboxylic acids is 1. The Hall–Kier alpha value is -5.78. The predicted molar refractivity (Wildman–Crippen MR) is 207 cm³/mol. The van der Waals surface area contributed by atoms with Crippen LogP contribution in [0.5, 0.6) is 0 Å². The number of nitrogens with zero attached hydrogens (tertiary/aromatic N) is 2. The maximum absolute atomic E-state index is 13.6. The third-order valence-electron chi connectivity index (χ3n) is 8.78. The monoisotopic (exact) mass is 834 g/mol. The standard InChI is InChI=1S/C21H20F4N2O2.C12H15F3N2O.C9H7FO2/c22-18-7-2-1-4-15(18)8-9-19(28)26-20(21(23,24)25)16-5-3-6-17(14-16)27-10-12-29-13-11-27;13-12(14,15)11(16)9-2-1-3-10(8-9)17-4-6-18-7-5-17;10-8-4-2-1-3-7(8)5-6-9(11)12/h1-9,14,20H,10-13H2,(H,26,28);1-3,8,11H,4-7,16H2;1-6H,(H,11,12)/b9-8+;;6-5+. The van der Waals surface area contributed by atoms with Gasteiger partial charge in [-0.15, -0.1) is 0 Å². The van der Waals surface area contributed by atoms with Crippen LogP contribution in [-0.2, 0) is 19.1 Å². The molecule has 0 spiro atoms. The highest BCUT2D eigenvalue weighted by atomic mass is 19.4. The van der Waals surface area contributed by atoms with Crippen LogP contribution in [-0.4, -0.2) is 81.9 Å². The van der Waals surface area contributed by atoms with E-state index in [0.29, 0.717) is 58.3 Å². The quantitative estimate of drug-likeness (QED) is 0.115. The lowest BCUT2D eigenvalue weighted by molar-refractivity contribution is -0.162. The molecule has 2 heterocycles. The number of carbonyl (C=O) groups excluding carboxylic acids is 1. The van der Waals surface area contributed by atoms with E-state index in [-0.39, 0.29) is 22.3 Å². The first-order chi connectivity index (χ1) is 28.0. The van der Waals surface area contributed by atoms with Crippen molar-refractivity contribution in [3.63, 3.8) is 0 Å². The summed E-state index contributed by atoms with van der Waals surface area (Å²) in [7, 11) is 0. The zero-order valence-corrected chi connectivity index (χ0v) is 31.4. The minimum Gasteiger partial charge on any atom is -0.478 e. The molecule has 2 saturated heterocycles. The normalized spacial score (nSPS) is 15.7. The van der Waals surface area contributed by atoms with E-state index < -0.39 is 47.9 Å². The van der Waals surface area contributed by atoms with E-state index in [1.807, 2.05) is 15.1 Å². The van der Waals surface area contributed by atoms with Crippen LogP contribution in [0, 0.1) is 11.6 Å². The summed E-state index contributed by atoms with van der Waals surface area (Å²) >= 11 is 0. The first-order valence-electron chi connectivity index (χ1n) is 18.2. The van der Waals surface area contributed by atoms with Gasteiger partial charge in [-0.25, -0.2) is 13.6 Å². The highest BCUT2D eigenvalue weighted by Gasteiger charge is 2.42. The SMILES string of the molecule is NC(c1cccc(N2CCOCC2)c1)C(F)(F)F.O=C(/C=C/c1ccccc1F)NC(c1cccc(N2CCOCC2)c1)C(F)(F)F.O=C(O)/C=C/c1ccccc1F. The van der Waals surface area contributed by atoms with Crippen molar-refractivity contribution in [3.8, 4) is 0 Å². The molecule has 4 aromatic carbocycles. The zero-order valence-electron chi connectivity index (χ0n) is 31.4. The number of hydrogen-bond acceptors (Lipinski definition) is 7. The van der Waals surface area contributed by atoms with E-state index in [2.05, 4.69) is 0 Å². The molecule has 2 unspecified atom stereocenters. The molecule has 0 bridgehead atoms. The number of amides is 1. The topological polar surface area (TPSA) is 117 Å². The molecule has 4 N–H and O–H groups in total. The fraction of sp³-hybridized carbons (Fsp3) is 0.286. The number of alkyl halides is 6. The summed E-state index contributed by atoms with van der Waals surface area (Å²) in [5.41, 5.74) is 7.00. The summed E-state index contributed by atoms with van der Waals surface area (Å²) in [6.07, 6.45) is -4.95. The molecule has 17 heteroatoms. The predicted octanol–water partition coefficient (Wildman–Crippen LogP) is 8.10. The number of halogens is 8. The average Bonchev–Trinajstić information content (AvgIpc) is 3.22. The fourth-order valence-electron chi connectivity index (χ4n) is 5.74. The molecule has 4 aromatic rings. The largest absolute Gasteiger partial charge is 0.478 e. The molecule has 6 rings (SSSR count). The van der Waals surface area contributed by atoms with E-state index in [1.54, 1.807) is 36.4 Å². The molecule has 1 amide bonds. The van der Waals surface area contributed by atoms with Gasteiger partial charge in [0.15, 0.2) is 6.04 Å². The summed E-state index contributed by atoms with van der Waals surface area (Å²) in [6, 6.07) is 19.8. The van der Waals surface area contributed by atoms with Gasteiger partial charge in [0.1, 0.15) is 17.7 Å². The van der Waals surface area contributed by atoms with Gasteiger partial charge >= 0.3 is 18.3 Å². The Kier molecular flexibility index (Phi) is 17.0. The molecule has 316 valence electrons. The molecule has 59 heavy (non-hydrogen) atoms. The van der Waals surface area contributed by atoms with Gasteiger partial charge in [0.05, 0.1) is 26.4 Å². The molecule has 9 nitrogen and oxygen atoms in total. The lowest BCUT2D eigenvalue weighted by atomic mass is 10.0. The molecule has 2 aliphatic rings. The van der Waals surface area contributed by atoms with Gasteiger partial charge in [-0.1, -0.05) is 60.7 Å². The van der Waals surface area contributed by atoms with Crippen LogP contribution in [0.4, 0.5) is 46.5 Å². The number of hydrogen-bond donors (Lipinski definition) is 3. The molecule has 2 fully saturated rings. The number of nitrogens with two attached hydrogens (primary N) is 1. The molecule has 0 aromatic heterocycles. The second kappa shape index (κ2) is 21.8. The maximum atomic E-state index is 13.6. The smallest absolute Gasteiger partial charge is 0.412 e. The molecular weight excluding hydrogens is 792 g/mol. The number of carboxylic acids is 1. The number of anilines is 2. The Morgan fingerprint density at radius 3 is 1.53 bits per heavy atom. The molecule has 0 saturated carbocycles. The first kappa shape index (κ1) is 45.9. The molecular formula is C42H42F8N4O5. The summed E-state index contributed by atoms with van der Waals surface area (Å²) in [5.74, 6) is -3.04. The Morgan fingerprint density at radius 2 is 1.08 bits per heavy atom. The van der Waals surface area contributed by atoms with Crippen molar-refractivity contribution in [2.75, 3.05) is 62.4 Å². The third-order valence-corrected chi connectivity index (χ3v) is 8.78. The fourth-order valence-corrected chi connectivity index (χ4v) is 5.74. The lowest BCUT2D eigenvalue weighted by Crippen LogP contribution is -2.38. The average molecular weight is 835 g/mol. The number of carbonyl (C=O) groups is 2. The number of benzene rings is 4. The van der Waals surface area contributed by atoms with Gasteiger partial charge in [-0.2, -0.15) is 26.3 Å². The Labute approximate surface area is 335 Å². The van der Waals surface area contributed by atoms with Crippen molar-refractivity contribution in [1.82, 2.24) is 5.32 Å². The second-order valence-electron chi connectivity index (χ2n) is 12.9. The summed E-state index contributed by atoms with van der Waals surface area (Å²) < 4.78 is 115. The van der Waals surface area contributed by atoms with E-state index in [0.717, 1.165) is 23.9 Å².